The molecule has 0 fully saturated rings. The van der Waals surface area contributed by atoms with E-state index >= 15 is 0 Å². The van der Waals surface area contributed by atoms with Crippen LogP contribution in [0.5, 0.6) is 0 Å². The minimum Gasteiger partial charge on any atom is -0.407 e. The van der Waals surface area contributed by atoms with Gasteiger partial charge in [-0.05, 0) is 33.3 Å². The maximum absolute atomic E-state index is 11.6. The highest BCUT2D eigenvalue weighted by atomic mass is 16.6. The lowest BCUT2D eigenvalue weighted by molar-refractivity contribution is 0.0707. The normalized spacial score (nSPS) is 11.8. The van der Waals surface area contributed by atoms with E-state index < -0.39 is 7.12 Å². The smallest absolute Gasteiger partial charge is 0.407 e. The first-order valence-electron chi connectivity index (χ1n) is 7.23. The zero-order valence-corrected chi connectivity index (χ0v) is 13.0. The minimum absolute atomic E-state index is 0.153. The van der Waals surface area contributed by atoms with Gasteiger partial charge in [0, 0.05) is 41.5 Å². The number of aromatic amines is 1. The highest BCUT2D eigenvalue weighted by molar-refractivity contribution is 6.64. The van der Waals surface area contributed by atoms with Crippen molar-refractivity contribution in [1.82, 2.24) is 9.97 Å². The minimum atomic E-state index is -0.556. The molecule has 1 N–H and O–H groups in total. The molecule has 21 heavy (non-hydrogen) atoms. The first-order chi connectivity index (χ1) is 9.96. The fourth-order valence-electron chi connectivity index (χ4n) is 1.99. The number of nitrogens with one attached hydrogen (secondary N) is 1. The molecule has 0 aliphatic rings. The molecule has 0 aromatic carbocycles. The second kappa shape index (κ2) is 6.41. The summed E-state index contributed by atoms with van der Waals surface area (Å²) in [5.74, 6) is 0. The Bertz CT molecular complexity index is 669. The van der Waals surface area contributed by atoms with E-state index in [2.05, 4.69) is 16.9 Å². The van der Waals surface area contributed by atoms with Gasteiger partial charge in [0.25, 0.3) is 0 Å². The summed E-state index contributed by atoms with van der Waals surface area (Å²) in [6, 6.07) is 3.24. The summed E-state index contributed by atoms with van der Waals surface area (Å²) in [7, 11) is -0.556. The van der Waals surface area contributed by atoms with E-state index in [4.69, 9.17) is 9.31 Å². The molecule has 0 bridgehead atoms. The number of H-pyrrole nitrogens is 1. The summed E-state index contributed by atoms with van der Waals surface area (Å²) in [4.78, 5) is 18.7. The van der Waals surface area contributed by atoms with Gasteiger partial charge in [0.15, 0.2) is 0 Å². The zero-order valence-electron chi connectivity index (χ0n) is 13.0. The summed E-state index contributed by atoms with van der Waals surface area (Å²) in [5.41, 5.74) is 0.980. The molecule has 0 spiro atoms. The molecular weight excluding hydrogens is 267 g/mol. The van der Waals surface area contributed by atoms with Crippen LogP contribution in [-0.4, -0.2) is 29.3 Å². The second-order valence-corrected chi connectivity index (χ2v) is 5.53. The van der Waals surface area contributed by atoms with Gasteiger partial charge in [-0.3, -0.25) is 9.78 Å². The third-order valence-electron chi connectivity index (χ3n) is 3.52. The van der Waals surface area contributed by atoms with Crippen molar-refractivity contribution >= 4 is 23.5 Å². The Morgan fingerprint density at radius 3 is 2.71 bits per heavy atom. The van der Waals surface area contributed by atoms with Crippen LogP contribution in [0, 0.1) is 0 Å². The second-order valence-electron chi connectivity index (χ2n) is 5.53. The summed E-state index contributed by atoms with van der Waals surface area (Å²) < 4.78 is 11.8. The molecule has 0 unspecified atom stereocenters. The number of fused-ring (bicyclic) bond motifs is 1. The average molecular weight is 288 g/mol. The van der Waals surface area contributed by atoms with Crippen LogP contribution >= 0.6 is 0 Å². The maximum atomic E-state index is 11.6. The molecule has 2 aromatic heterocycles. The largest absolute Gasteiger partial charge is 0.498 e. The highest BCUT2D eigenvalue weighted by Crippen LogP contribution is 2.16. The van der Waals surface area contributed by atoms with Crippen molar-refractivity contribution in [1.29, 1.82) is 0 Å². The van der Waals surface area contributed by atoms with Crippen molar-refractivity contribution in [2.24, 2.45) is 0 Å². The van der Waals surface area contributed by atoms with E-state index in [9.17, 15) is 4.79 Å². The molecule has 6 heteroatoms. The van der Waals surface area contributed by atoms with E-state index in [1.807, 2.05) is 20.8 Å². The number of hydrogen-bond donors (Lipinski definition) is 1. The molecule has 0 aliphatic carbocycles. The zero-order chi connectivity index (χ0) is 15.5. The molecule has 2 heterocycles. The van der Waals surface area contributed by atoms with Crippen LogP contribution in [0.4, 0.5) is 0 Å². The Morgan fingerprint density at radius 1 is 1.29 bits per heavy atom. The van der Waals surface area contributed by atoms with E-state index in [-0.39, 0.29) is 11.2 Å². The lowest BCUT2D eigenvalue weighted by Crippen LogP contribution is -2.44. The van der Waals surface area contributed by atoms with Gasteiger partial charge >= 0.3 is 7.12 Å². The van der Waals surface area contributed by atoms with Crippen molar-refractivity contribution in [2.45, 2.75) is 39.7 Å². The van der Waals surface area contributed by atoms with Crippen molar-refractivity contribution in [3.05, 3.63) is 34.9 Å². The topological polar surface area (TPSA) is 64.2 Å². The van der Waals surface area contributed by atoms with Gasteiger partial charge in [0.2, 0.25) is 5.56 Å². The van der Waals surface area contributed by atoms with Crippen LogP contribution in [0.25, 0.3) is 10.9 Å². The summed E-state index contributed by atoms with van der Waals surface area (Å²) >= 11 is 0. The molecule has 0 saturated carbocycles. The van der Waals surface area contributed by atoms with Gasteiger partial charge in [0.1, 0.15) is 0 Å². The number of hydrogen-bond acceptors (Lipinski definition) is 4. The molecule has 2 rings (SSSR count). The van der Waals surface area contributed by atoms with Crippen LogP contribution in [-0.2, 0) is 9.31 Å². The van der Waals surface area contributed by atoms with Gasteiger partial charge in [-0.1, -0.05) is 6.92 Å². The molecule has 112 valence electrons. The monoisotopic (exact) mass is 288 g/mol. The molecule has 2 aromatic rings. The van der Waals surface area contributed by atoms with Crippen molar-refractivity contribution in [3.8, 4) is 0 Å². The van der Waals surface area contributed by atoms with Gasteiger partial charge in [-0.25, -0.2) is 0 Å². The molecule has 5 nitrogen and oxygen atoms in total. The highest BCUT2D eigenvalue weighted by Gasteiger charge is 2.30. The maximum Gasteiger partial charge on any atom is 0.498 e. The quantitative estimate of drug-likeness (QED) is 0.824. The molecule has 0 atom stereocenters. The standard InChI is InChI=1S/C15H21BN2O3/c1-5-15(3,4)21-16(20-6-2)12-10-17-9-11-7-8-13(19)18-14(11)12/h7-10H,5-6H2,1-4H3,(H,18,19). The first-order valence-corrected chi connectivity index (χ1v) is 7.23. The Kier molecular flexibility index (Phi) is 4.80. The summed E-state index contributed by atoms with van der Waals surface area (Å²) in [6.45, 7) is 8.52. The predicted molar refractivity (Wildman–Crippen MR) is 84.8 cm³/mol. The Balaban J connectivity index is 2.49. The van der Waals surface area contributed by atoms with Crippen molar-refractivity contribution < 1.29 is 9.31 Å². The molecular formula is C15H21BN2O3. The van der Waals surface area contributed by atoms with Crippen molar-refractivity contribution in [3.63, 3.8) is 0 Å². The predicted octanol–water partition coefficient (Wildman–Crippen LogP) is 1.86. The van der Waals surface area contributed by atoms with Crippen LogP contribution in [0.15, 0.2) is 29.3 Å². The third-order valence-corrected chi connectivity index (χ3v) is 3.52. The van der Waals surface area contributed by atoms with Crippen LogP contribution in [0.3, 0.4) is 0 Å². The lowest BCUT2D eigenvalue weighted by Gasteiger charge is -2.28. The van der Waals surface area contributed by atoms with E-state index in [0.29, 0.717) is 12.1 Å². The van der Waals surface area contributed by atoms with Crippen LogP contribution in [0.2, 0.25) is 0 Å². The van der Waals surface area contributed by atoms with Gasteiger partial charge in [0.05, 0.1) is 5.52 Å². The summed E-state index contributed by atoms with van der Waals surface area (Å²) in [6.07, 6.45) is 4.25. The first kappa shape index (κ1) is 15.7. The Morgan fingerprint density at radius 2 is 2.05 bits per heavy atom. The average Bonchev–Trinajstić information content (AvgIpc) is 2.46. The van der Waals surface area contributed by atoms with E-state index in [1.54, 1.807) is 18.5 Å². The fourth-order valence-corrected chi connectivity index (χ4v) is 1.99. The summed E-state index contributed by atoms with van der Waals surface area (Å²) in [5, 5.41) is 0.856. The Hall–Kier alpha value is -1.66. The molecule has 0 saturated heterocycles. The van der Waals surface area contributed by atoms with Crippen molar-refractivity contribution in [2.75, 3.05) is 6.61 Å². The van der Waals surface area contributed by atoms with Crippen LogP contribution < -0.4 is 11.0 Å². The van der Waals surface area contributed by atoms with Gasteiger partial charge < -0.3 is 14.3 Å². The fraction of sp³-hybridized carbons (Fsp3) is 0.467. The van der Waals surface area contributed by atoms with E-state index in [1.165, 1.54) is 6.07 Å². The number of pyridine rings is 2. The lowest BCUT2D eigenvalue weighted by atomic mass is 9.77. The van der Waals surface area contributed by atoms with Crippen LogP contribution in [0.1, 0.15) is 34.1 Å². The molecule has 0 aliphatic heterocycles. The Labute approximate surface area is 124 Å². The molecule has 0 amide bonds. The third kappa shape index (κ3) is 3.71. The van der Waals surface area contributed by atoms with Gasteiger partial charge in [-0.15, -0.1) is 0 Å². The number of rotatable bonds is 6. The number of aromatic nitrogens is 2. The number of nitrogens with zero attached hydrogens (tertiary/aromatic N) is 1. The SMILES string of the molecule is CCOB(OC(C)(C)CC)c1cncc2ccc(=O)[nH]c12. The molecule has 0 radical (unpaired) electrons. The van der Waals surface area contributed by atoms with Gasteiger partial charge in [-0.2, -0.15) is 0 Å². The van der Waals surface area contributed by atoms with E-state index in [0.717, 1.165) is 17.3 Å².